The van der Waals surface area contributed by atoms with Gasteiger partial charge in [0.25, 0.3) is 0 Å². The Kier molecular flexibility index (Phi) is 5.48. The first kappa shape index (κ1) is 19.3. The van der Waals surface area contributed by atoms with Gasteiger partial charge in [-0.05, 0) is 60.2 Å². The molecule has 0 fully saturated rings. The molecule has 0 saturated heterocycles. The number of carbonyl (C=O) groups is 1. The highest BCUT2D eigenvalue weighted by molar-refractivity contribution is 5.99. The third-order valence-electron chi connectivity index (χ3n) is 4.89. The number of Topliss-reactive ketones (excluding diaryl/α,β-unsaturated/α-hetero) is 1. The van der Waals surface area contributed by atoms with Crippen molar-refractivity contribution in [1.82, 2.24) is 0 Å². The molecule has 0 bridgehead atoms. The van der Waals surface area contributed by atoms with Gasteiger partial charge in [0, 0.05) is 40.4 Å². The predicted molar refractivity (Wildman–Crippen MR) is 124 cm³/mol. The Morgan fingerprint density at radius 3 is 1.60 bits per heavy atom. The molecule has 4 aromatic carbocycles. The van der Waals surface area contributed by atoms with Gasteiger partial charge in [0.15, 0.2) is 5.78 Å². The van der Waals surface area contributed by atoms with E-state index in [4.69, 9.17) is 11.5 Å². The summed E-state index contributed by atoms with van der Waals surface area (Å²) in [4.78, 5) is 14.8. The minimum absolute atomic E-state index is 0.00951. The summed E-state index contributed by atoms with van der Waals surface area (Å²) in [6, 6.07) is 33.4. The maximum absolute atomic E-state index is 12.7. The first-order valence-corrected chi connectivity index (χ1v) is 9.78. The molecule has 0 amide bonds. The average molecular weight is 393 g/mol. The molecular formula is C26H23N3O. The van der Waals surface area contributed by atoms with E-state index < -0.39 is 0 Å². The summed E-state index contributed by atoms with van der Waals surface area (Å²) < 4.78 is 0. The molecule has 0 atom stereocenters. The summed E-state index contributed by atoms with van der Waals surface area (Å²) in [5, 5.41) is 0. The molecule has 0 radical (unpaired) electrons. The highest BCUT2D eigenvalue weighted by atomic mass is 16.1. The molecule has 0 unspecified atom stereocenters. The van der Waals surface area contributed by atoms with Crippen molar-refractivity contribution >= 4 is 34.2 Å². The Bertz CT molecular complexity index is 1080. The molecule has 4 heteroatoms. The second kappa shape index (κ2) is 8.53. The molecule has 0 spiro atoms. The second-order valence-electron chi connectivity index (χ2n) is 7.16. The zero-order valence-electron chi connectivity index (χ0n) is 16.5. The van der Waals surface area contributed by atoms with Crippen LogP contribution >= 0.6 is 0 Å². The van der Waals surface area contributed by atoms with E-state index in [1.54, 1.807) is 18.2 Å². The highest BCUT2D eigenvalue weighted by Gasteiger charge is 2.13. The lowest BCUT2D eigenvalue weighted by atomic mass is 10.0. The maximum atomic E-state index is 12.7. The lowest BCUT2D eigenvalue weighted by Gasteiger charge is -2.25. The molecule has 0 heterocycles. The van der Waals surface area contributed by atoms with E-state index in [2.05, 4.69) is 29.2 Å². The zero-order chi connectivity index (χ0) is 20.9. The zero-order valence-corrected chi connectivity index (χ0v) is 16.5. The third-order valence-corrected chi connectivity index (χ3v) is 4.89. The molecule has 0 aromatic heterocycles. The summed E-state index contributed by atoms with van der Waals surface area (Å²) in [6.07, 6.45) is 0.292. The van der Waals surface area contributed by atoms with Gasteiger partial charge in [-0.2, -0.15) is 0 Å². The first-order chi connectivity index (χ1) is 14.6. The monoisotopic (exact) mass is 393 g/mol. The van der Waals surface area contributed by atoms with Crippen molar-refractivity contribution in [2.24, 2.45) is 0 Å². The SMILES string of the molecule is Nc1cc(N)cc(C(=O)Cc2ccc(N(c3ccccc3)c3ccccc3)cc2)c1. The van der Waals surface area contributed by atoms with Gasteiger partial charge < -0.3 is 16.4 Å². The van der Waals surface area contributed by atoms with Crippen molar-refractivity contribution in [3.63, 3.8) is 0 Å². The van der Waals surface area contributed by atoms with Gasteiger partial charge in [-0.1, -0.05) is 48.5 Å². The molecule has 0 aliphatic rings. The fourth-order valence-corrected chi connectivity index (χ4v) is 3.49. The predicted octanol–water partition coefficient (Wildman–Crippen LogP) is 5.75. The van der Waals surface area contributed by atoms with Crippen LogP contribution in [0.5, 0.6) is 0 Å². The lowest BCUT2D eigenvalue weighted by molar-refractivity contribution is 0.0993. The number of nitrogen functional groups attached to an aromatic ring is 2. The third kappa shape index (κ3) is 4.33. The first-order valence-electron chi connectivity index (χ1n) is 9.78. The van der Waals surface area contributed by atoms with Gasteiger partial charge in [-0.3, -0.25) is 4.79 Å². The normalized spacial score (nSPS) is 10.5. The molecule has 0 aliphatic carbocycles. The van der Waals surface area contributed by atoms with Crippen molar-refractivity contribution in [3.05, 3.63) is 114 Å². The molecule has 0 saturated carbocycles. The Labute approximate surface area is 176 Å². The van der Waals surface area contributed by atoms with Gasteiger partial charge in [0.05, 0.1) is 0 Å². The summed E-state index contributed by atoms with van der Waals surface area (Å²) in [5.41, 5.74) is 17.3. The molecule has 4 nitrogen and oxygen atoms in total. The van der Waals surface area contributed by atoms with Crippen LogP contribution in [-0.2, 0) is 6.42 Å². The number of carbonyl (C=O) groups excluding carboxylic acids is 1. The van der Waals surface area contributed by atoms with Crippen molar-refractivity contribution in [3.8, 4) is 0 Å². The number of nitrogens with two attached hydrogens (primary N) is 2. The smallest absolute Gasteiger partial charge is 0.167 e. The van der Waals surface area contributed by atoms with Crippen LogP contribution in [0.25, 0.3) is 0 Å². The van der Waals surface area contributed by atoms with E-state index in [1.807, 2.05) is 60.7 Å². The number of nitrogens with zero attached hydrogens (tertiary/aromatic N) is 1. The average Bonchev–Trinajstić information content (AvgIpc) is 2.76. The molecular weight excluding hydrogens is 370 g/mol. The quantitative estimate of drug-likeness (QED) is 0.323. The molecule has 4 N–H and O–H groups in total. The number of anilines is 5. The van der Waals surface area contributed by atoms with Crippen molar-refractivity contribution < 1.29 is 4.79 Å². The van der Waals surface area contributed by atoms with Gasteiger partial charge in [-0.25, -0.2) is 0 Å². The van der Waals surface area contributed by atoms with Crippen molar-refractivity contribution in [2.45, 2.75) is 6.42 Å². The molecule has 30 heavy (non-hydrogen) atoms. The fourth-order valence-electron chi connectivity index (χ4n) is 3.49. The van der Waals surface area contributed by atoms with Gasteiger partial charge in [-0.15, -0.1) is 0 Å². The standard InChI is InChI=1S/C26H23N3O/c27-21-16-20(17-22(28)18-21)26(30)15-19-11-13-25(14-12-19)29(23-7-3-1-4-8-23)24-9-5-2-6-10-24/h1-14,16-18H,15,27-28H2. The Morgan fingerprint density at radius 2 is 1.10 bits per heavy atom. The Balaban J connectivity index is 1.60. The van der Waals surface area contributed by atoms with Crippen molar-refractivity contribution in [1.29, 1.82) is 0 Å². The van der Waals surface area contributed by atoms with Gasteiger partial charge >= 0.3 is 0 Å². The lowest BCUT2D eigenvalue weighted by Crippen LogP contribution is -2.10. The summed E-state index contributed by atoms with van der Waals surface area (Å²) in [6.45, 7) is 0. The van der Waals surface area contributed by atoms with E-state index >= 15 is 0 Å². The van der Waals surface area contributed by atoms with E-state index in [9.17, 15) is 4.79 Å². The van der Waals surface area contributed by atoms with Crippen LogP contribution in [0.3, 0.4) is 0 Å². The van der Waals surface area contributed by atoms with E-state index in [-0.39, 0.29) is 5.78 Å². The van der Waals surface area contributed by atoms with Crippen LogP contribution in [0.15, 0.2) is 103 Å². The van der Waals surface area contributed by atoms with Crippen molar-refractivity contribution in [2.75, 3.05) is 16.4 Å². The number of para-hydroxylation sites is 2. The Morgan fingerprint density at radius 1 is 0.633 bits per heavy atom. The van der Waals surface area contributed by atoms with Crippen LogP contribution in [0.1, 0.15) is 15.9 Å². The number of rotatable bonds is 6. The number of ketones is 1. The molecule has 148 valence electrons. The van der Waals surface area contributed by atoms with Crippen LogP contribution in [0, 0.1) is 0 Å². The summed E-state index contributed by atoms with van der Waals surface area (Å²) in [7, 11) is 0. The number of hydrogen-bond acceptors (Lipinski definition) is 4. The number of hydrogen-bond donors (Lipinski definition) is 2. The van der Waals surface area contributed by atoms with Gasteiger partial charge in [0.1, 0.15) is 0 Å². The van der Waals surface area contributed by atoms with E-state index in [0.29, 0.717) is 23.4 Å². The molecule has 0 aliphatic heterocycles. The maximum Gasteiger partial charge on any atom is 0.167 e. The minimum Gasteiger partial charge on any atom is -0.399 e. The van der Waals surface area contributed by atoms with Crippen LogP contribution in [0.4, 0.5) is 28.4 Å². The second-order valence-corrected chi connectivity index (χ2v) is 7.16. The molecule has 4 aromatic rings. The fraction of sp³-hybridized carbons (Fsp3) is 0.0385. The summed E-state index contributed by atoms with van der Waals surface area (Å²) in [5.74, 6) is -0.00951. The van der Waals surface area contributed by atoms with Crippen LogP contribution < -0.4 is 16.4 Å². The van der Waals surface area contributed by atoms with Crippen LogP contribution in [-0.4, -0.2) is 5.78 Å². The topological polar surface area (TPSA) is 72.3 Å². The number of benzene rings is 4. The summed E-state index contributed by atoms with van der Waals surface area (Å²) >= 11 is 0. The van der Waals surface area contributed by atoms with Gasteiger partial charge in [0.2, 0.25) is 0 Å². The van der Waals surface area contributed by atoms with Crippen LogP contribution in [0.2, 0.25) is 0 Å². The van der Waals surface area contributed by atoms with E-state index in [1.165, 1.54) is 0 Å². The Hall–Kier alpha value is -4.05. The highest BCUT2D eigenvalue weighted by Crippen LogP contribution is 2.34. The largest absolute Gasteiger partial charge is 0.399 e. The molecule has 4 rings (SSSR count). The minimum atomic E-state index is -0.00951. The van der Waals surface area contributed by atoms with E-state index in [0.717, 1.165) is 22.6 Å².